The van der Waals surface area contributed by atoms with Crippen molar-refractivity contribution in [2.24, 2.45) is 5.92 Å². The number of rotatable bonds is 2. The number of hydrogen-bond acceptors (Lipinski definition) is 5. The molecule has 3 N–H and O–H groups in total. The van der Waals surface area contributed by atoms with Crippen LogP contribution in [0.15, 0.2) is 36.7 Å². The summed E-state index contributed by atoms with van der Waals surface area (Å²) in [5, 5.41) is 12.4. The van der Waals surface area contributed by atoms with Crippen molar-refractivity contribution >= 4 is 5.69 Å². The van der Waals surface area contributed by atoms with Crippen molar-refractivity contribution in [3.63, 3.8) is 0 Å². The molecular weight excluding hydrogens is 250 g/mol. The van der Waals surface area contributed by atoms with Crippen LogP contribution in [-0.2, 0) is 0 Å². The highest BCUT2D eigenvalue weighted by molar-refractivity contribution is 5.72. The van der Waals surface area contributed by atoms with Crippen LogP contribution in [0.3, 0.4) is 0 Å². The van der Waals surface area contributed by atoms with Crippen LogP contribution in [0.25, 0.3) is 11.4 Å². The minimum absolute atomic E-state index is 0.00762. The molecule has 2 aromatic rings. The highest BCUT2D eigenvalue weighted by Crippen LogP contribution is 2.32. The quantitative estimate of drug-likeness (QED) is 0.804. The topological polar surface area (TPSA) is 87.6 Å². The molecule has 5 nitrogen and oxygen atoms in total. The highest BCUT2D eigenvalue weighted by Gasteiger charge is 2.28. The number of aromatic nitrogens is 2. The molecule has 100 valence electrons. The normalized spacial score (nSPS) is 21.6. The Labute approximate surface area is 117 Å². The van der Waals surface area contributed by atoms with Crippen LogP contribution in [0.5, 0.6) is 0 Å². The summed E-state index contributed by atoms with van der Waals surface area (Å²) in [6, 6.07) is 10.0. The highest BCUT2D eigenvalue weighted by atomic mass is 14.9. The smallest absolute Gasteiger partial charge is 0.161 e. The predicted octanol–water partition coefficient (Wildman–Crippen LogP) is 1.55. The van der Waals surface area contributed by atoms with Gasteiger partial charge in [-0.15, -0.1) is 0 Å². The third-order valence-electron chi connectivity index (χ3n) is 3.69. The van der Waals surface area contributed by atoms with Crippen LogP contribution >= 0.6 is 0 Å². The Morgan fingerprint density at radius 1 is 1.25 bits per heavy atom. The molecular formula is C15H15N5. The van der Waals surface area contributed by atoms with Crippen LogP contribution in [-0.4, -0.2) is 23.1 Å². The lowest BCUT2D eigenvalue weighted by atomic mass is 9.89. The molecule has 0 aliphatic carbocycles. The number of nitrogens with one attached hydrogen (secondary N) is 1. The summed E-state index contributed by atoms with van der Waals surface area (Å²) in [5.74, 6) is 0.833. The van der Waals surface area contributed by atoms with Crippen LogP contribution in [0.2, 0.25) is 0 Å². The number of nitrogens with two attached hydrogens (primary N) is 1. The summed E-state index contributed by atoms with van der Waals surface area (Å²) in [5.41, 5.74) is 8.70. The molecule has 0 saturated carbocycles. The lowest BCUT2D eigenvalue weighted by Gasteiger charge is -2.14. The van der Waals surface area contributed by atoms with E-state index < -0.39 is 0 Å². The van der Waals surface area contributed by atoms with E-state index in [2.05, 4.69) is 21.4 Å². The van der Waals surface area contributed by atoms with E-state index in [1.54, 1.807) is 18.5 Å². The maximum absolute atomic E-state index is 9.16. The molecule has 20 heavy (non-hydrogen) atoms. The Balaban J connectivity index is 1.94. The summed E-state index contributed by atoms with van der Waals surface area (Å²) >= 11 is 0. The average Bonchev–Trinajstić information content (AvgIpc) is 2.96. The predicted molar refractivity (Wildman–Crippen MR) is 76.6 cm³/mol. The molecule has 2 atom stereocenters. The first kappa shape index (κ1) is 12.6. The van der Waals surface area contributed by atoms with Gasteiger partial charge in [0.2, 0.25) is 0 Å². The summed E-state index contributed by atoms with van der Waals surface area (Å²) < 4.78 is 0. The largest absolute Gasteiger partial charge is 0.398 e. The number of nitrogen functional groups attached to an aromatic ring is 1. The molecule has 2 heterocycles. The Hall–Kier alpha value is -2.45. The van der Waals surface area contributed by atoms with E-state index in [-0.39, 0.29) is 11.8 Å². The van der Waals surface area contributed by atoms with E-state index in [4.69, 9.17) is 11.0 Å². The van der Waals surface area contributed by atoms with Gasteiger partial charge in [0.1, 0.15) is 0 Å². The van der Waals surface area contributed by atoms with E-state index in [0.29, 0.717) is 11.5 Å². The monoisotopic (exact) mass is 265 g/mol. The first-order valence-electron chi connectivity index (χ1n) is 6.56. The average molecular weight is 265 g/mol. The second-order valence-corrected chi connectivity index (χ2v) is 4.92. The lowest BCUT2D eigenvalue weighted by Crippen LogP contribution is -2.09. The molecule has 1 saturated heterocycles. The number of nitriles is 1. The molecule has 5 heteroatoms. The van der Waals surface area contributed by atoms with E-state index in [1.165, 1.54) is 0 Å². The fraction of sp³-hybridized carbons (Fsp3) is 0.267. The summed E-state index contributed by atoms with van der Waals surface area (Å²) in [7, 11) is 0. The van der Waals surface area contributed by atoms with Gasteiger partial charge in [0.05, 0.1) is 12.0 Å². The minimum atomic E-state index is 0.00762. The van der Waals surface area contributed by atoms with E-state index in [1.807, 2.05) is 18.2 Å². The van der Waals surface area contributed by atoms with Crippen molar-refractivity contribution in [2.45, 2.75) is 5.92 Å². The number of benzene rings is 1. The second kappa shape index (κ2) is 5.27. The molecule has 3 rings (SSSR count). The third-order valence-corrected chi connectivity index (χ3v) is 3.69. The zero-order valence-corrected chi connectivity index (χ0v) is 11.0. The van der Waals surface area contributed by atoms with Gasteiger partial charge in [-0.1, -0.05) is 6.07 Å². The molecule has 0 bridgehead atoms. The molecule has 0 radical (unpaired) electrons. The SMILES string of the molecule is N#CC1CNCC1c1ccc(-c2ncccn2)c(N)c1. The van der Waals surface area contributed by atoms with Gasteiger partial charge in [0, 0.05) is 42.7 Å². The number of nitrogens with zero attached hydrogens (tertiary/aromatic N) is 3. The Morgan fingerprint density at radius 2 is 2.05 bits per heavy atom. The molecule has 1 aromatic carbocycles. The van der Waals surface area contributed by atoms with Crippen molar-refractivity contribution in [1.29, 1.82) is 5.26 Å². The maximum Gasteiger partial charge on any atom is 0.161 e. The Morgan fingerprint density at radius 3 is 2.75 bits per heavy atom. The molecule has 1 aromatic heterocycles. The van der Waals surface area contributed by atoms with Gasteiger partial charge in [-0.3, -0.25) is 0 Å². The van der Waals surface area contributed by atoms with Crippen LogP contribution in [0, 0.1) is 17.2 Å². The molecule has 2 unspecified atom stereocenters. The van der Waals surface area contributed by atoms with Crippen LogP contribution in [0.1, 0.15) is 11.5 Å². The van der Waals surface area contributed by atoms with Crippen molar-refractivity contribution < 1.29 is 0 Å². The fourth-order valence-corrected chi connectivity index (χ4v) is 2.62. The zero-order valence-electron chi connectivity index (χ0n) is 11.0. The van der Waals surface area contributed by atoms with Crippen LogP contribution in [0.4, 0.5) is 5.69 Å². The molecule has 1 aliphatic rings. The van der Waals surface area contributed by atoms with Gasteiger partial charge in [-0.2, -0.15) is 5.26 Å². The summed E-state index contributed by atoms with van der Waals surface area (Å²) in [6.07, 6.45) is 3.39. The lowest BCUT2D eigenvalue weighted by molar-refractivity contribution is 0.647. The maximum atomic E-state index is 9.16. The Bertz CT molecular complexity index is 647. The molecule has 1 fully saturated rings. The zero-order chi connectivity index (χ0) is 13.9. The minimum Gasteiger partial charge on any atom is -0.398 e. The van der Waals surface area contributed by atoms with Gasteiger partial charge in [-0.25, -0.2) is 9.97 Å². The summed E-state index contributed by atoms with van der Waals surface area (Å²) in [6.45, 7) is 1.56. The van der Waals surface area contributed by atoms with E-state index in [0.717, 1.165) is 24.2 Å². The van der Waals surface area contributed by atoms with Gasteiger partial charge < -0.3 is 11.1 Å². The van der Waals surface area contributed by atoms with Gasteiger partial charge in [0.15, 0.2) is 5.82 Å². The van der Waals surface area contributed by atoms with E-state index >= 15 is 0 Å². The van der Waals surface area contributed by atoms with Gasteiger partial charge >= 0.3 is 0 Å². The standard InChI is InChI=1S/C15H15N5/c16-7-11-8-18-9-13(11)10-2-3-12(14(17)6-10)15-19-4-1-5-20-15/h1-6,11,13,18H,8-9,17H2. The Kier molecular flexibility index (Phi) is 3.32. The molecule has 1 aliphatic heterocycles. The van der Waals surface area contributed by atoms with Crippen molar-refractivity contribution in [3.05, 3.63) is 42.2 Å². The van der Waals surface area contributed by atoms with E-state index in [9.17, 15) is 0 Å². The summed E-state index contributed by atoms with van der Waals surface area (Å²) in [4.78, 5) is 8.42. The third kappa shape index (κ3) is 2.22. The van der Waals surface area contributed by atoms with Crippen molar-refractivity contribution in [1.82, 2.24) is 15.3 Å². The van der Waals surface area contributed by atoms with Crippen molar-refractivity contribution in [2.75, 3.05) is 18.8 Å². The van der Waals surface area contributed by atoms with Crippen LogP contribution < -0.4 is 11.1 Å². The fourth-order valence-electron chi connectivity index (χ4n) is 2.62. The van der Waals surface area contributed by atoms with Gasteiger partial charge in [-0.05, 0) is 23.8 Å². The second-order valence-electron chi connectivity index (χ2n) is 4.92. The van der Waals surface area contributed by atoms with Crippen molar-refractivity contribution in [3.8, 4) is 17.5 Å². The molecule has 0 amide bonds. The first-order chi connectivity index (χ1) is 9.79. The number of anilines is 1. The molecule has 0 spiro atoms. The van der Waals surface area contributed by atoms with Gasteiger partial charge in [0.25, 0.3) is 0 Å². The first-order valence-corrected chi connectivity index (χ1v) is 6.56. The number of hydrogen-bond donors (Lipinski definition) is 2.